The van der Waals surface area contributed by atoms with E-state index in [0.717, 1.165) is 12.8 Å². The summed E-state index contributed by atoms with van der Waals surface area (Å²) in [6, 6.07) is 0. The third-order valence-corrected chi connectivity index (χ3v) is 6.92. The summed E-state index contributed by atoms with van der Waals surface area (Å²) < 4.78 is 22.5. The number of aliphatic imine (C=N–C) groups is 1. The Hall–Kier alpha value is -0.520. The number of quaternary nitrogens is 1. The predicted octanol–water partition coefficient (Wildman–Crippen LogP) is 7.34. The number of unbranched alkanes of at least 4 members (excludes halogenated alkanes) is 15. The standard InChI is InChI=1S/C24H47N2O4P/c1-3-4-5-6-7-8-9-10-11-12-13-14-15-16-17-18-22-29-31(27,28)30-23-21-26(2)20-19-25-24-26/h19-20,24H,3-18,21-23H2,1-2H3/p+1. The molecule has 0 spiro atoms. The molecule has 1 heterocycles. The second-order valence-corrected chi connectivity index (χ2v) is 10.5. The van der Waals surface area contributed by atoms with Crippen molar-refractivity contribution in [2.75, 3.05) is 26.8 Å². The lowest BCUT2D eigenvalue weighted by atomic mass is 10.0. The van der Waals surface area contributed by atoms with E-state index in [1.54, 1.807) is 12.5 Å². The number of rotatable bonds is 22. The first-order chi connectivity index (χ1) is 15.0. The largest absolute Gasteiger partial charge is 0.472 e. The molecule has 0 aromatic rings. The molecule has 1 aliphatic rings. The molecular formula is C24H48N2O4P+. The van der Waals surface area contributed by atoms with Gasteiger partial charge in [0.05, 0.1) is 19.9 Å². The lowest BCUT2D eigenvalue weighted by Gasteiger charge is -2.21. The summed E-state index contributed by atoms with van der Waals surface area (Å²) in [5.41, 5.74) is 0. The van der Waals surface area contributed by atoms with Gasteiger partial charge in [0, 0.05) is 0 Å². The minimum absolute atomic E-state index is 0.152. The van der Waals surface area contributed by atoms with Gasteiger partial charge >= 0.3 is 7.82 Å². The molecule has 2 atom stereocenters. The first kappa shape index (κ1) is 28.5. The van der Waals surface area contributed by atoms with Crippen LogP contribution >= 0.6 is 7.82 Å². The Labute approximate surface area is 191 Å². The maximum atomic E-state index is 11.9. The summed E-state index contributed by atoms with van der Waals surface area (Å²) in [7, 11) is -1.99. The van der Waals surface area contributed by atoms with Crippen LogP contribution in [0.2, 0.25) is 0 Å². The summed E-state index contributed by atoms with van der Waals surface area (Å²) in [5.74, 6) is 0. The zero-order chi connectivity index (χ0) is 22.7. The fraction of sp³-hybridized carbons (Fsp3) is 0.875. The number of hydrogen-bond acceptors (Lipinski definition) is 4. The molecule has 0 aromatic carbocycles. The van der Waals surface area contributed by atoms with Gasteiger partial charge in [0.1, 0.15) is 19.4 Å². The van der Waals surface area contributed by atoms with Gasteiger partial charge in [-0.25, -0.2) is 9.56 Å². The molecule has 0 aliphatic carbocycles. The molecule has 0 radical (unpaired) electrons. The van der Waals surface area contributed by atoms with E-state index in [0.29, 0.717) is 11.0 Å². The van der Waals surface area contributed by atoms with Crippen LogP contribution in [0, 0.1) is 0 Å². The van der Waals surface area contributed by atoms with E-state index < -0.39 is 7.82 Å². The zero-order valence-electron chi connectivity index (χ0n) is 20.2. The molecule has 2 unspecified atom stereocenters. The Bertz CT molecular complexity index is 528. The second kappa shape index (κ2) is 18.0. The topological polar surface area (TPSA) is 68.1 Å². The number of hydrogen-bond donors (Lipinski definition) is 1. The Morgan fingerprint density at radius 1 is 0.774 bits per heavy atom. The van der Waals surface area contributed by atoms with Gasteiger partial charge in [-0.05, 0) is 6.42 Å². The Morgan fingerprint density at radius 2 is 1.23 bits per heavy atom. The lowest BCUT2D eigenvalue weighted by molar-refractivity contribution is -0.756. The molecule has 182 valence electrons. The molecule has 1 N–H and O–H groups in total. The van der Waals surface area contributed by atoms with Crippen molar-refractivity contribution in [1.82, 2.24) is 0 Å². The Morgan fingerprint density at radius 3 is 1.68 bits per heavy atom. The van der Waals surface area contributed by atoms with Crippen molar-refractivity contribution < 1.29 is 23.0 Å². The van der Waals surface area contributed by atoms with Crippen molar-refractivity contribution >= 4 is 14.2 Å². The van der Waals surface area contributed by atoms with Crippen LogP contribution in [0.25, 0.3) is 0 Å². The van der Waals surface area contributed by atoms with Gasteiger partial charge < -0.3 is 4.89 Å². The van der Waals surface area contributed by atoms with Crippen molar-refractivity contribution in [1.29, 1.82) is 0 Å². The van der Waals surface area contributed by atoms with Crippen molar-refractivity contribution in [2.24, 2.45) is 4.99 Å². The van der Waals surface area contributed by atoms with Gasteiger partial charge in [0.15, 0.2) is 6.34 Å². The first-order valence-corrected chi connectivity index (χ1v) is 14.2. The first-order valence-electron chi connectivity index (χ1n) is 12.7. The maximum Gasteiger partial charge on any atom is 0.472 e. The predicted molar refractivity (Wildman–Crippen MR) is 130 cm³/mol. The summed E-state index contributed by atoms with van der Waals surface area (Å²) in [6.07, 6.45) is 26.3. The molecule has 0 amide bonds. The van der Waals surface area contributed by atoms with Crippen molar-refractivity contribution in [2.45, 2.75) is 110 Å². The van der Waals surface area contributed by atoms with E-state index in [2.05, 4.69) is 11.9 Å². The molecule has 1 rings (SSSR count). The highest BCUT2D eigenvalue weighted by Crippen LogP contribution is 2.43. The van der Waals surface area contributed by atoms with E-state index >= 15 is 0 Å². The van der Waals surface area contributed by atoms with Crippen LogP contribution in [0.5, 0.6) is 0 Å². The van der Waals surface area contributed by atoms with E-state index in [9.17, 15) is 9.46 Å². The van der Waals surface area contributed by atoms with Gasteiger partial charge in [-0.15, -0.1) is 0 Å². The van der Waals surface area contributed by atoms with E-state index in [1.807, 2.05) is 13.2 Å². The summed E-state index contributed by atoms with van der Waals surface area (Å²) >= 11 is 0. The van der Waals surface area contributed by atoms with Crippen LogP contribution in [0.15, 0.2) is 17.4 Å². The maximum absolute atomic E-state index is 11.9. The third-order valence-electron chi connectivity index (χ3n) is 5.90. The fourth-order valence-corrected chi connectivity index (χ4v) is 4.52. The SMILES string of the molecule is CCCCCCCCCCCCCCCCCCOP(=O)(O)OCC[N+]1(C)C=CN=C1. The van der Waals surface area contributed by atoms with Gasteiger partial charge in [-0.1, -0.05) is 103 Å². The highest BCUT2D eigenvalue weighted by molar-refractivity contribution is 7.47. The molecule has 1 aliphatic heterocycles. The lowest BCUT2D eigenvalue weighted by Crippen LogP contribution is -2.37. The van der Waals surface area contributed by atoms with Gasteiger partial charge in [0.2, 0.25) is 0 Å². The molecule has 31 heavy (non-hydrogen) atoms. The van der Waals surface area contributed by atoms with E-state index in [1.165, 1.54) is 89.9 Å². The number of phosphoric acid groups is 1. The van der Waals surface area contributed by atoms with Gasteiger partial charge in [0.25, 0.3) is 0 Å². The van der Waals surface area contributed by atoms with Crippen LogP contribution < -0.4 is 0 Å². The Balaban J connectivity index is 1.81. The van der Waals surface area contributed by atoms with Crippen LogP contribution in [0.3, 0.4) is 0 Å². The molecule has 6 nitrogen and oxygen atoms in total. The Kier molecular flexibility index (Phi) is 16.5. The highest BCUT2D eigenvalue weighted by atomic mass is 31.2. The minimum Gasteiger partial charge on any atom is -0.302 e. The summed E-state index contributed by atoms with van der Waals surface area (Å²) in [5, 5.41) is 0. The molecule has 0 saturated heterocycles. The van der Waals surface area contributed by atoms with Crippen LogP contribution in [-0.2, 0) is 13.6 Å². The third kappa shape index (κ3) is 16.7. The molecule has 0 bridgehead atoms. The quantitative estimate of drug-likeness (QED) is 0.104. The average molecular weight is 460 g/mol. The normalized spacial score (nSPS) is 19.8. The monoisotopic (exact) mass is 459 g/mol. The molecule has 0 saturated carbocycles. The molecule has 0 aromatic heterocycles. The van der Waals surface area contributed by atoms with Crippen molar-refractivity contribution in [3.63, 3.8) is 0 Å². The van der Waals surface area contributed by atoms with E-state index in [-0.39, 0.29) is 13.2 Å². The summed E-state index contributed by atoms with van der Waals surface area (Å²) in [4.78, 5) is 13.8. The van der Waals surface area contributed by atoms with Crippen LogP contribution in [0.4, 0.5) is 0 Å². The van der Waals surface area contributed by atoms with Crippen molar-refractivity contribution in [3.8, 4) is 0 Å². The van der Waals surface area contributed by atoms with Crippen LogP contribution in [-0.4, -0.2) is 42.5 Å². The van der Waals surface area contributed by atoms with E-state index in [4.69, 9.17) is 9.05 Å². The van der Waals surface area contributed by atoms with Crippen LogP contribution in [0.1, 0.15) is 110 Å². The molecular weight excluding hydrogens is 411 g/mol. The fourth-order valence-electron chi connectivity index (χ4n) is 3.77. The van der Waals surface area contributed by atoms with Gasteiger partial charge in [-0.2, -0.15) is 0 Å². The minimum atomic E-state index is -3.95. The van der Waals surface area contributed by atoms with Gasteiger partial charge in [-0.3, -0.25) is 13.5 Å². The average Bonchev–Trinajstić information content (AvgIpc) is 3.16. The zero-order valence-corrected chi connectivity index (χ0v) is 21.1. The summed E-state index contributed by atoms with van der Waals surface area (Å²) in [6.45, 7) is 3.25. The smallest absolute Gasteiger partial charge is 0.302 e. The molecule has 7 heteroatoms. The highest BCUT2D eigenvalue weighted by Gasteiger charge is 2.25. The van der Waals surface area contributed by atoms with Crippen molar-refractivity contribution in [3.05, 3.63) is 12.4 Å². The molecule has 0 fully saturated rings. The second-order valence-electron chi connectivity index (χ2n) is 9.07. The number of likely N-dealkylation sites (N-methyl/N-ethyl adjacent to an activating group) is 1. The number of phosphoric ester groups is 1. The number of nitrogens with zero attached hydrogens (tertiary/aromatic N) is 2.